The molecule has 0 saturated carbocycles. The number of thiazole rings is 1. The number of ketones is 1. The number of anilines is 1. The third kappa shape index (κ3) is 3.83. The Kier molecular flexibility index (Phi) is 4.87. The van der Waals surface area contributed by atoms with Crippen LogP contribution in [0, 0.1) is 5.41 Å². The summed E-state index contributed by atoms with van der Waals surface area (Å²) >= 11 is 18.0. The van der Waals surface area contributed by atoms with Crippen molar-refractivity contribution in [2.45, 2.75) is 33.1 Å². The number of Topliss-reactive ketones (excluding diaryl/α,β-unsaturated/α-hetero) is 1. The van der Waals surface area contributed by atoms with Gasteiger partial charge in [0.25, 0.3) is 10.0 Å². The van der Waals surface area contributed by atoms with Gasteiger partial charge in [-0.25, -0.2) is 13.4 Å². The van der Waals surface area contributed by atoms with Crippen LogP contribution in [0.4, 0.5) is 5.13 Å². The van der Waals surface area contributed by atoms with E-state index in [1.807, 2.05) is 13.8 Å². The Bertz CT molecular complexity index is 959. The highest BCUT2D eigenvalue weighted by Crippen LogP contribution is 2.39. The van der Waals surface area contributed by atoms with Gasteiger partial charge < -0.3 is 0 Å². The van der Waals surface area contributed by atoms with Gasteiger partial charge in [0.1, 0.15) is 4.91 Å². The standard InChI is InChI=1S/C15H14Cl2N2O3S3/c1-15(2)5-9-13(10(20)6-15)24-14(18-9)19-25(21,22)12-4-8(17)7(16)3-11(12)23/h4H,3,5-6H2,1-2H3,(H,18,19). The van der Waals surface area contributed by atoms with Crippen LogP contribution in [0.1, 0.15) is 42.1 Å². The SMILES string of the molecule is CC1(C)CC(=O)c2sc(NS(=O)(=O)C3=CC(Cl)=C(Cl)CC3=S)nc2C1. The first-order valence-corrected chi connectivity index (χ1v) is 10.8. The molecule has 2 aliphatic rings. The number of halogens is 2. The van der Waals surface area contributed by atoms with Gasteiger partial charge in [-0.15, -0.1) is 0 Å². The fourth-order valence-corrected chi connectivity index (χ4v) is 6.08. The van der Waals surface area contributed by atoms with Gasteiger partial charge in [-0.2, -0.15) is 0 Å². The second-order valence-electron chi connectivity index (χ2n) is 6.70. The van der Waals surface area contributed by atoms with E-state index < -0.39 is 10.0 Å². The van der Waals surface area contributed by atoms with Crippen LogP contribution < -0.4 is 4.72 Å². The van der Waals surface area contributed by atoms with Crippen molar-refractivity contribution in [1.29, 1.82) is 0 Å². The van der Waals surface area contributed by atoms with Gasteiger partial charge >= 0.3 is 0 Å². The third-order valence-corrected chi connectivity index (χ3v) is 7.71. The highest BCUT2D eigenvalue weighted by atomic mass is 35.5. The fourth-order valence-electron chi connectivity index (χ4n) is 2.75. The molecule has 0 saturated heterocycles. The molecule has 0 aromatic carbocycles. The summed E-state index contributed by atoms with van der Waals surface area (Å²) in [5, 5.41) is 0.602. The van der Waals surface area contributed by atoms with E-state index in [0.29, 0.717) is 28.4 Å². The Morgan fingerprint density at radius 2 is 2.00 bits per heavy atom. The molecule has 3 rings (SSSR count). The molecular weight excluding hydrogens is 423 g/mol. The molecule has 2 aliphatic carbocycles. The van der Waals surface area contributed by atoms with Gasteiger partial charge in [0.05, 0.1) is 15.6 Å². The maximum atomic E-state index is 12.6. The van der Waals surface area contributed by atoms with Gasteiger partial charge in [0.15, 0.2) is 10.9 Å². The molecule has 10 heteroatoms. The number of nitrogens with one attached hydrogen (secondary N) is 1. The summed E-state index contributed by atoms with van der Waals surface area (Å²) in [4.78, 5) is 17.1. The van der Waals surface area contributed by atoms with Crippen LogP contribution in [0.3, 0.4) is 0 Å². The largest absolute Gasteiger partial charge is 0.293 e. The van der Waals surface area contributed by atoms with Gasteiger partial charge in [-0.1, -0.05) is 60.6 Å². The van der Waals surface area contributed by atoms with E-state index in [0.717, 1.165) is 11.3 Å². The van der Waals surface area contributed by atoms with E-state index in [2.05, 4.69) is 9.71 Å². The first-order chi connectivity index (χ1) is 11.5. The maximum Gasteiger partial charge on any atom is 0.264 e. The van der Waals surface area contributed by atoms with Crippen molar-refractivity contribution in [3.63, 3.8) is 0 Å². The lowest BCUT2D eigenvalue weighted by Gasteiger charge is -2.26. The van der Waals surface area contributed by atoms with Crippen LogP contribution >= 0.6 is 46.8 Å². The molecule has 0 bridgehead atoms. The molecule has 134 valence electrons. The van der Waals surface area contributed by atoms with Crippen LogP contribution in [0.15, 0.2) is 21.0 Å². The Morgan fingerprint density at radius 3 is 2.68 bits per heavy atom. The quantitative estimate of drug-likeness (QED) is 0.710. The van der Waals surface area contributed by atoms with E-state index in [1.165, 1.54) is 6.08 Å². The van der Waals surface area contributed by atoms with E-state index >= 15 is 0 Å². The average molecular weight is 437 g/mol. The van der Waals surface area contributed by atoms with Crippen LogP contribution in [-0.4, -0.2) is 24.0 Å². The van der Waals surface area contributed by atoms with Gasteiger partial charge in [-0.3, -0.25) is 9.52 Å². The topological polar surface area (TPSA) is 76.1 Å². The van der Waals surface area contributed by atoms with Crippen molar-refractivity contribution in [1.82, 2.24) is 4.98 Å². The number of thiocarbonyl (C=S) groups is 1. The molecule has 25 heavy (non-hydrogen) atoms. The summed E-state index contributed by atoms with van der Waals surface area (Å²) < 4.78 is 27.7. The molecule has 0 fully saturated rings. The van der Waals surface area contributed by atoms with Crippen molar-refractivity contribution >= 4 is 72.6 Å². The van der Waals surface area contributed by atoms with Crippen LogP contribution in [0.5, 0.6) is 0 Å². The minimum Gasteiger partial charge on any atom is -0.293 e. The predicted molar refractivity (Wildman–Crippen MR) is 105 cm³/mol. The number of fused-ring (bicyclic) bond motifs is 1. The molecule has 1 N–H and O–H groups in total. The molecule has 1 aromatic heterocycles. The lowest BCUT2D eigenvalue weighted by Crippen LogP contribution is -2.26. The number of hydrogen-bond donors (Lipinski definition) is 1. The summed E-state index contributed by atoms with van der Waals surface area (Å²) in [6.45, 7) is 3.97. The van der Waals surface area contributed by atoms with E-state index in [4.69, 9.17) is 35.4 Å². The zero-order valence-corrected chi connectivity index (χ0v) is 17.3. The minimum atomic E-state index is -3.96. The summed E-state index contributed by atoms with van der Waals surface area (Å²) in [7, 11) is -3.96. The summed E-state index contributed by atoms with van der Waals surface area (Å²) in [6.07, 6.45) is 2.38. The first kappa shape index (κ1) is 19.0. The number of sulfonamides is 1. The van der Waals surface area contributed by atoms with Crippen molar-refractivity contribution in [2.75, 3.05) is 4.72 Å². The van der Waals surface area contributed by atoms with Crippen molar-refractivity contribution in [3.8, 4) is 0 Å². The molecule has 1 heterocycles. The van der Waals surface area contributed by atoms with Gasteiger partial charge in [0, 0.05) is 22.7 Å². The average Bonchev–Trinajstić information content (AvgIpc) is 2.83. The Morgan fingerprint density at radius 1 is 1.32 bits per heavy atom. The van der Waals surface area contributed by atoms with Crippen molar-refractivity contribution < 1.29 is 13.2 Å². The number of carbonyl (C=O) groups is 1. The number of carbonyl (C=O) groups excluding carboxylic acids is 1. The maximum absolute atomic E-state index is 12.6. The molecule has 0 unspecified atom stereocenters. The Balaban J connectivity index is 1.92. The number of aromatic nitrogens is 1. The minimum absolute atomic E-state index is 0.0145. The van der Waals surface area contributed by atoms with E-state index in [9.17, 15) is 13.2 Å². The molecule has 5 nitrogen and oxygen atoms in total. The van der Waals surface area contributed by atoms with Gasteiger partial charge in [-0.05, 0) is 17.9 Å². The lowest BCUT2D eigenvalue weighted by atomic mass is 9.78. The zero-order chi connectivity index (χ0) is 18.6. The molecule has 0 amide bonds. The van der Waals surface area contributed by atoms with Crippen molar-refractivity contribution in [2.24, 2.45) is 5.41 Å². The molecule has 1 aromatic rings. The fraction of sp³-hybridized carbons (Fsp3) is 0.400. The smallest absolute Gasteiger partial charge is 0.264 e. The first-order valence-electron chi connectivity index (χ1n) is 7.33. The third-order valence-electron chi connectivity index (χ3n) is 3.85. The van der Waals surface area contributed by atoms with Crippen LogP contribution in [0.2, 0.25) is 0 Å². The summed E-state index contributed by atoms with van der Waals surface area (Å²) in [6, 6.07) is 0. The number of rotatable bonds is 3. The monoisotopic (exact) mass is 436 g/mol. The number of nitrogens with zero attached hydrogens (tertiary/aromatic N) is 1. The van der Waals surface area contributed by atoms with Crippen molar-refractivity contribution in [3.05, 3.63) is 31.6 Å². The number of allylic oxidation sites excluding steroid dienone is 4. The van der Waals surface area contributed by atoms with Crippen LogP contribution in [0.25, 0.3) is 0 Å². The zero-order valence-electron chi connectivity index (χ0n) is 13.4. The molecular formula is C15H14Cl2N2O3S3. The molecule has 0 atom stereocenters. The molecule has 0 aliphatic heterocycles. The predicted octanol–water partition coefficient (Wildman–Crippen LogP) is 4.39. The Labute approximate surface area is 165 Å². The number of hydrogen-bond acceptors (Lipinski definition) is 6. The second-order valence-corrected chi connectivity index (χ2v) is 10.7. The Hall–Kier alpha value is -0.800. The molecule has 0 spiro atoms. The summed E-state index contributed by atoms with van der Waals surface area (Å²) in [5.41, 5.74) is 0.446. The van der Waals surface area contributed by atoms with Gasteiger partial charge in [0.2, 0.25) is 0 Å². The summed E-state index contributed by atoms with van der Waals surface area (Å²) in [5.74, 6) is -0.0145. The molecule has 0 radical (unpaired) electrons. The van der Waals surface area contributed by atoms with Crippen LogP contribution in [-0.2, 0) is 16.4 Å². The highest BCUT2D eigenvalue weighted by Gasteiger charge is 2.35. The second kappa shape index (κ2) is 6.42. The highest BCUT2D eigenvalue weighted by molar-refractivity contribution is 7.99. The van der Waals surface area contributed by atoms with E-state index in [-0.39, 0.29) is 37.6 Å². The normalized spacial score (nSPS) is 20.4. The van der Waals surface area contributed by atoms with E-state index in [1.54, 1.807) is 0 Å². The lowest BCUT2D eigenvalue weighted by molar-refractivity contribution is 0.0916.